The lowest BCUT2D eigenvalue weighted by atomic mass is 9.96. The third-order valence-corrected chi connectivity index (χ3v) is 5.00. The number of pyridine rings is 1. The molecule has 0 radical (unpaired) electrons. The largest absolute Gasteiger partial charge is 0.493 e. The standard InChI is InChI=1S/C22H18ClFN2O2/c23-19-10-17(12-25-21(19)16-5-3-6-18(24)9-16)22(27)26-11-14-8-15-4-1-2-7-20(15)28-13-14/h1-7,9-10,12,14H,8,11,13H2,(H,26,27). The lowest BCUT2D eigenvalue weighted by molar-refractivity contribution is 0.0938. The summed E-state index contributed by atoms with van der Waals surface area (Å²) in [5.74, 6) is 0.496. The van der Waals surface area contributed by atoms with Crippen molar-refractivity contribution in [3.05, 3.63) is 82.8 Å². The van der Waals surface area contributed by atoms with Gasteiger partial charge in [0, 0.05) is 24.2 Å². The number of carbonyl (C=O) groups excluding carboxylic acids is 1. The van der Waals surface area contributed by atoms with E-state index in [0.29, 0.717) is 35.0 Å². The number of carbonyl (C=O) groups is 1. The Morgan fingerprint density at radius 3 is 2.89 bits per heavy atom. The second-order valence-electron chi connectivity index (χ2n) is 6.76. The molecule has 2 heterocycles. The predicted molar refractivity (Wildman–Crippen MR) is 106 cm³/mol. The Hall–Kier alpha value is -2.92. The zero-order valence-corrected chi connectivity index (χ0v) is 15.7. The summed E-state index contributed by atoms with van der Waals surface area (Å²) in [5.41, 5.74) is 2.52. The van der Waals surface area contributed by atoms with Gasteiger partial charge in [-0.05, 0) is 36.2 Å². The Labute approximate surface area is 167 Å². The molecule has 4 nitrogen and oxygen atoms in total. The van der Waals surface area contributed by atoms with Crippen LogP contribution in [0, 0.1) is 11.7 Å². The number of nitrogens with one attached hydrogen (secondary N) is 1. The third-order valence-electron chi connectivity index (χ3n) is 4.71. The molecule has 4 rings (SSSR count). The van der Waals surface area contributed by atoms with Crippen LogP contribution in [0.15, 0.2) is 60.8 Å². The number of aromatic nitrogens is 1. The molecule has 2 aromatic carbocycles. The molecule has 1 amide bonds. The Bertz CT molecular complexity index is 1020. The highest BCUT2D eigenvalue weighted by Crippen LogP contribution is 2.28. The first-order chi connectivity index (χ1) is 13.6. The van der Waals surface area contributed by atoms with Gasteiger partial charge in [-0.15, -0.1) is 0 Å². The molecule has 1 aliphatic rings. The zero-order chi connectivity index (χ0) is 19.5. The molecule has 0 aliphatic carbocycles. The van der Waals surface area contributed by atoms with Crippen LogP contribution in [0.1, 0.15) is 15.9 Å². The number of hydrogen-bond acceptors (Lipinski definition) is 3. The summed E-state index contributed by atoms with van der Waals surface area (Å²) in [4.78, 5) is 16.7. The first-order valence-electron chi connectivity index (χ1n) is 9.00. The normalized spacial score (nSPS) is 15.4. The number of benzene rings is 2. The smallest absolute Gasteiger partial charge is 0.252 e. The number of halogens is 2. The molecule has 1 unspecified atom stereocenters. The summed E-state index contributed by atoms with van der Waals surface area (Å²) in [6.45, 7) is 1.06. The number of amides is 1. The first-order valence-corrected chi connectivity index (χ1v) is 9.38. The van der Waals surface area contributed by atoms with E-state index in [9.17, 15) is 9.18 Å². The van der Waals surface area contributed by atoms with Gasteiger partial charge in [0.05, 0.1) is 22.9 Å². The van der Waals surface area contributed by atoms with Crippen LogP contribution in [0.25, 0.3) is 11.3 Å². The molecule has 28 heavy (non-hydrogen) atoms. The molecule has 0 fully saturated rings. The van der Waals surface area contributed by atoms with Gasteiger partial charge < -0.3 is 10.1 Å². The number of ether oxygens (including phenoxy) is 1. The predicted octanol–water partition coefficient (Wildman–Crippen LogP) is 4.52. The number of hydrogen-bond donors (Lipinski definition) is 1. The summed E-state index contributed by atoms with van der Waals surface area (Å²) in [6.07, 6.45) is 2.31. The average molecular weight is 397 g/mol. The maximum Gasteiger partial charge on any atom is 0.252 e. The van der Waals surface area contributed by atoms with Crippen molar-refractivity contribution in [2.24, 2.45) is 5.92 Å². The first kappa shape index (κ1) is 18.4. The van der Waals surface area contributed by atoms with E-state index in [0.717, 1.165) is 17.7 Å². The minimum absolute atomic E-state index is 0.203. The van der Waals surface area contributed by atoms with Crippen LogP contribution in [0.2, 0.25) is 5.02 Å². The molecule has 1 aliphatic heterocycles. The van der Waals surface area contributed by atoms with Gasteiger partial charge in [0.2, 0.25) is 0 Å². The second kappa shape index (κ2) is 7.98. The maximum atomic E-state index is 13.4. The topological polar surface area (TPSA) is 51.2 Å². The van der Waals surface area contributed by atoms with E-state index in [1.807, 2.05) is 24.3 Å². The Balaban J connectivity index is 1.41. The van der Waals surface area contributed by atoms with Crippen LogP contribution in [-0.2, 0) is 6.42 Å². The number of para-hydroxylation sites is 1. The number of nitrogens with zero attached hydrogens (tertiary/aromatic N) is 1. The van der Waals surface area contributed by atoms with E-state index < -0.39 is 0 Å². The van der Waals surface area contributed by atoms with Gasteiger partial charge in [-0.2, -0.15) is 0 Å². The highest BCUT2D eigenvalue weighted by atomic mass is 35.5. The molecular weight excluding hydrogens is 379 g/mol. The van der Waals surface area contributed by atoms with E-state index in [-0.39, 0.29) is 17.6 Å². The molecule has 1 N–H and O–H groups in total. The van der Waals surface area contributed by atoms with Crippen LogP contribution in [0.3, 0.4) is 0 Å². The number of rotatable bonds is 4. The molecule has 142 valence electrons. The van der Waals surface area contributed by atoms with E-state index in [4.69, 9.17) is 16.3 Å². The van der Waals surface area contributed by atoms with Gasteiger partial charge in [-0.25, -0.2) is 4.39 Å². The fraction of sp³-hybridized carbons (Fsp3) is 0.182. The van der Waals surface area contributed by atoms with Crippen LogP contribution >= 0.6 is 11.6 Å². The van der Waals surface area contributed by atoms with Crippen LogP contribution in [0.5, 0.6) is 5.75 Å². The quantitative estimate of drug-likeness (QED) is 0.705. The van der Waals surface area contributed by atoms with Crippen molar-refractivity contribution in [3.8, 4) is 17.0 Å². The number of fused-ring (bicyclic) bond motifs is 1. The fourth-order valence-electron chi connectivity index (χ4n) is 3.27. The zero-order valence-electron chi connectivity index (χ0n) is 15.0. The minimum Gasteiger partial charge on any atom is -0.493 e. The van der Waals surface area contributed by atoms with Crippen molar-refractivity contribution >= 4 is 17.5 Å². The summed E-state index contributed by atoms with van der Waals surface area (Å²) in [5, 5.41) is 3.22. The molecule has 0 bridgehead atoms. The van der Waals surface area contributed by atoms with E-state index in [1.54, 1.807) is 18.2 Å². The van der Waals surface area contributed by atoms with Gasteiger partial charge in [-0.3, -0.25) is 9.78 Å². The van der Waals surface area contributed by atoms with Gasteiger partial charge >= 0.3 is 0 Å². The van der Waals surface area contributed by atoms with E-state index in [2.05, 4.69) is 10.3 Å². The maximum absolute atomic E-state index is 13.4. The van der Waals surface area contributed by atoms with Gasteiger partial charge in [0.15, 0.2) is 0 Å². The Kier molecular flexibility index (Phi) is 5.26. The van der Waals surface area contributed by atoms with Gasteiger partial charge in [-0.1, -0.05) is 41.9 Å². The average Bonchev–Trinajstić information content (AvgIpc) is 2.71. The molecule has 1 atom stereocenters. The fourth-order valence-corrected chi connectivity index (χ4v) is 3.55. The van der Waals surface area contributed by atoms with Crippen LogP contribution in [-0.4, -0.2) is 24.0 Å². The monoisotopic (exact) mass is 396 g/mol. The minimum atomic E-state index is -0.367. The lowest BCUT2D eigenvalue weighted by Gasteiger charge is -2.25. The molecule has 1 aromatic heterocycles. The van der Waals surface area contributed by atoms with Crippen molar-refractivity contribution in [3.63, 3.8) is 0 Å². The molecule has 6 heteroatoms. The molecule has 3 aromatic rings. The summed E-state index contributed by atoms with van der Waals surface area (Å²) in [6, 6.07) is 15.5. The van der Waals surface area contributed by atoms with Crippen molar-refractivity contribution < 1.29 is 13.9 Å². The highest BCUT2D eigenvalue weighted by Gasteiger charge is 2.20. The molecule has 0 saturated heterocycles. The lowest BCUT2D eigenvalue weighted by Crippen LogP contribution is -2.34. The summed E-state index contributed by atoms with van der Waals surface area (Å²) in [7, 11) is 0. The summed E-state index contributed by atoms with van der Waals surface area (Å²) >= 11 is 6.28. The Morgan fingerprint density at radius 2 is 2.07 bits per heavy atom. The second-order valence-corrected chi connectivity index (χ2v) is 7.17. The molecule has 0 saturated carbocycles. The summed E-state index contributed by atoms with van der Waals surface area (Å²) < 4.78 is 19.2. The van der Waals surface area contributed by atoms with E-state index in [1.165, 1.54) is 18.3 Å². The highest BCUT2D eigenvalue weighted by molar-refractivity contribution is 6.33. The van der Waals surface area contributed by atoms with Crippen molar-refractivity contribution in [1.29, 1.82) is 0 Å². The van der Waals surface area contributed by atoms with Crippen molar-refractivity contribution in [1.82, 2.24) is 10.3 Å². The van der Waals surface area contributed by atoms with Crippen molar-refractivity contribution in [2.45, 2.75) is 6.42 Å². The van der Waals surface area contributed by atoms with Crippen molar-refractivity contribution in [2.75, 3.05) is 13.2 Å². The van der Waals surface area contributed by atoms with E-state index >= 15 is 0 Å². The van der Waals surface area contributed by atoms with Crippen LogP contribution < -0.4 is 10.1 Å². The SMILES string of the molecule is O=C(NCC1COc2ccccc2C1)c1cnc(-c2cccc(F)c2)c(Cl)c1. The van der Waals surface area contributed by atoms with Gasteiger partial charge in [0.1, 0.15) is 11.6 Å². The third kappa shape index (κ3) is 3.99. The molecular formula is C22H18ClFN2O2. The molecule has 0 spiro atoms. The Morgan fingerprint density at radius 1 is 1.21 bits per heavy atom. The van der Waals surface area contributed by atoms with Gasteiger partial charge in [0.25, 0.3) is 5.91 Å². The van der Waals surface area contributed by atoms with Crippen LogP contribution in [0.4, 0.5) is 4.39 Å².